The molecule has 1 rings (SSSR count). The Morgan fingerprint density at radius 3 is 1.46 bits per heavy atom. The van der Waals surface area contributed by atoms with Gasteiger partial charge in [-0.3, -0.25) is 0 Å². The first-order chi connectivity index (χ1) is 6.00. The van der Waals surface area contributed by atoms with Crippen LogP contribution in [-0.4, -0.2) is 7.45 Å². The van der Waals surface area contributed by atoms with Gasteiger partial charge in [-0.25, -0.2) is 0 Å². The topological polar surface area (TPSA) is 15.3 Å². The van der Waals surface area contributed by atoms with Crippen LogP contribution in [-0.2, 0) is 19.8 Å². The van der Waals surface area contributed by atoms with E-state index in [1.807, 2.05) is 0 Å². The number of halogens is 4. The summed E-state index contributed by atoms with van der Waals surface area (Å²) in [5, 5.41) is 0. The number of nitrogens with zero attached hydrogens (tertiary/aromatic N) is 1. The van der Waals surface area contributed by atoms with Crippen molar-refractivity contribution in [2.24, 2.45) is 0 Å². The molecule has 13 heavy (non-hydrogen) atoms. The maximum atomic E-state index is 5.46. The zero-order valence-electron chi connectivity index (χ0n) is 6.81. The van der Waals surface area contributed by atoms with Crippen LogP contribution in [0.3, 0.4) is 0 Å². The van der Waals surface area contributed by atoms with Crippen LogP contribution >= 0.6 is 46.9 Å². The standard InChI is InChI=1S/C5H10.CHCl4N2.Pt/c1-2-4-5-3-1;2-1(6-3)7(4)5;/h1-5H2;6H;. The van der Waals surface area contributed by atoms with Crippen molar-refractivity contribution in [2.75, 3.05) is 0 Å². The van der Waals surface area contributed by atoms with Crippen molar-refractivity contribution < 1.29 is 19.8 Å². The SMILES string of the molecule is C1CCCC1.ClN[C](Cl)([Pt])N(Cl)Cl. The normalized spacial score (nSPS) is 20.8. The molecule has 1 N–H and O–H groups in total. The first kappa shape index (κ1) is 14.8. The van der Waals surface area contributed by atoms with E-state index in [0.29, 0.717) is 3.94 Å². The molecule has 0 aromatic rings. The van der Waals surface area contributed by atoms with Crippen molar-refractivity contribution in [3.8, 4) is 0 Å². The molecule has 0 aliphatic heterocycles. The summed E-state index contributed by atoms with van der Waals surface area (Å²) in [5.41, 5.74) is 0. The molecule has 1 atom stereocenters. The zero-order chi connectivity index (χ0) is 10.3. The monoisotopic (exact) mass is 446 g/mol. The molecule has 83 valence electrons. The van der Waals surface area contributed by atoms with Gasteiger partial charge < -0.3 is 0 Å². The fraction of sp³-hybridized carbons (Fsp3) is 1.00. The van der Waals surface area contributed by atoms with Gasteiger partial charge in [0, 0.05) is 0 Å². The second-order valence-corrected chi connectivity index (χ2v) is 6.48. The van der Waals surface area contributed by atoms with Crippen molar-refractivity contribution in [2.45, 2.75) is 35.6 Å². The summed E-state index contributed by atoms with van der Waals surface area (Å²) < 4.78 is -0.437. The molecule has 0 saturated heterocycles. The van der Waals surface area contributed by atoms with Gasteiger partial charge >= 0.3 is 79.0 Å². The number of alkyl halides is 1. The molecule has 1 saturated carbocycles. The summed E-state index contributed by atoms with van der Waals surface area (Å²) in [6.45, 7) is 0. The van der Waals surface area contributed by atoms with Crippen LogP contribution in [0.4, 0.5) is 0 Å². The molecule has 0 aromatic heterocycles. The Hall–Kier alpha value is 1.77. The van der Waals surface area contributed by atoms with Gasteiger partial charge in [0.15, 0.2) is 0 Å². The van der Waals surface area contributed by atoms with Crippen molar-refractivity contribution in [1.82, 2.24) is 8.77 Å². The first-order valence-corrected chi connectivity index (χ1v) is 6.42. The van der Waals surface area contributed by atoms with Crippen LogP contribution in [0.2, 0.25) is 0 Å². The zero-order valence-corrected chi connectivity index (χ0v) is 12.1. The Kier molecular flexibility index (Phi) is 9.07. The number of hydrogen-bond donors (Lipinski definition) is 1. The third-order valence-electron chi connectivity index (χ3n) is 1.56. The van der Waals surface area contributed by atoms with Crippen LogP contribution in [0.5, 0.6) is 0 Å². The number of nitrogens with one attached hydrogen (secondary N) is 1. The second-order valence-electron chi connectivity index (χ2n) is 2.60. The average Bonchev–Trinajstić information content (AvgIpc) is 2.61. The Morgan fingerprint density at radius 2 is 1.38 bits per heavy atom. The van der Waals surface area contributed by atoms with Crippen LogP contribution in [0.15, 0.2) is 0 Å². The molecule has 1 fully saturated rings. The molecular weight excluding hydrogens is 437 g/mol. The fourth-order valence-electron chi connectivity index (χ4n) is 0.916. The molecule has 1 aliphatic carbocycles. The first-order valence-electron chi connectivity index (χ1n) is 3.85. The van der Waals surface area contributed by atoms with Crippen LogP contribution < -0.4 is 4.84 Å². The summed E-state index contributed by atoms with van der Waals surface area (Å²) in [6, 6.07) is 0. The molecule has 0 bridgehead atoms. The maximum absolute atomic E-state index is 5.46. The predicted octanol–water partition coefficient (Wildman–Crippen LogP) is 3.69. The van der Waals surface area contributed by atoms with Gasteiger partial charge in [0.25, 0.3) is 0 Å². The van der Waals surface area contributed by atoms with Gasteiger partial charge in [0.1, 0.15) is 0 Å². The van der Waals surface area contributed by atoms with Crippen LogP contribution in [0, 0.1) is 0 Å². The van der Waals surface area contributed by atoms with Gasteiger partial charge in [-0.1, -0.05) is 32.1 Å². The van der Waals surface area contributed by atoms with E-state index in [-0.39, 0.29) is 0 Å². The van der Waals surface area contributed by atoms with E-state index in [0.717, 1.165) is 0 Å². The summed E-state index contributed by atoms with van der Waals surface area (Å²) in [6.07, 6.45) is 7.50. The molecule has 1 aliphatic rings. The average molecular weight is 448 g/mol. The predicted molar refractivity (Wildman–Crippen MR) is 54.2 cm³/mol. The van der Waals surface area contributed by atoms with Crippen LogP contribution in [0.25, 0.3) is 0 Å². The van der Waals surface area contributed by atoms with Crippen molar-refractivity contribution in [3.63, 3.8) is 0 Å². The molecule has 0 spiro atoms. The molecule has 0 aromatic carbocycles. The van der Waals surface area contributed by atoms with E-state index in [1.165, 1.54) is 32.1 Å². The summed E-state index contributed by atoms with van der Waals surface area (Å²) in [5.74, 6) is 0. The molecule has 2 nitrogen and oxygen atoms in total. The summed E-state index contributed by atoms with van der Waals surface area (Å²) >= 11 is 22.6. The quantitative estimate of drug-likeness (QED) is 0.300. The summed E-state index contributed by atoms with van der Waals surface area (Å²) in [7, 11) is 0. The van der Waals surface area contributed by atoms with Gasteiger partial charge in [-0.15, -0.1) is 0 Å². The van der Waals surface area contributed by atoms with E-state index in [2.05, 4.69) is 4.84 Å². The number of rotatable bonds is 2. The molecule has 7 heteroatoms. The molecule has 1 unspecified atom stereocenters. The molecule has 0 heterocycles. The fourth-order valence-corrected chi connectivity index (χ4v) is 1.17. The third-order valence-corrected chi connectivity index (χ3v) is 4.57. The molecule has 0 radical (unpaired) electrons. The Balaban J connectivity index is 0.000000243. The Labute approximate surface area is 110 Å². The van der Waals surface area contributed by atoms with Gasteiger partial charge in [-0.2, -0.15) is 0 Å². The van der Waals surface area contributed by atoms with E-state index < -0.39 is 3.51 Å². The van der Waals surface area contributed by atoms with Gasteiger partial charge in [-0.05, 0) is 0 Å². The van der Waals surface area contributed by atoms with Crippen molar-refractivity contribution in [3.05, 3.63) is 0 Å². The van der Waals surface area contributed by atoms with Gasteiger partial charge in [0.2, 0.25) is 0 Å². The van der Waals surface area contributed by atoms with Gasteiger partial charge in [0.05, 0.1) is 0 Å². The van der Waals surface area contributed by atoms with Crippen molar-refractivity contribution in [1.29, 1.82) is 0 Å². The number of hydrogen-bond acceptors (Lipinski definition) is 2. The van der Waals surface area contributed by atoms with E-state index in [9.17, 15) is 0 Å². The van der Waals surface area contributed by atoms with E-state index in [1.54, 1.807) is 19.8 Å². The Bertz CT molecular complexity index is 122. The molecule has 0 amide bonds. The minimum atomic E-state index is -1.13. The van der Waals surface area contributed by atoms with Crippen LogP contribution in [0.1, 0.15) is 32.1 Å². The Morgan fingerprint density at radius 1 is 1.08 bits per heavy atom. The van der Waals surface area contributed by atoms with E-state index in [4.69, 9.17) is 46.9 Å². The molecular formula is C6H11Cl4N2Pt. The third kappa shape index (κ3) is 7.67. The second kappa shape index (κ2) is 7.98. The van der Waals surface area contributed by atoms with Crippen molar-refractivity contribution >= 4 is 46.9 Å². The summed E-state index contributed by atoms with van der Waals surface area (Å²) in [4.78, 5) is 2.13. The minimum absolute atomic E-state index is 0.698. The van der Waals surface area contributed by atoms with E-state index >= 15 is 0 Å².